The van der Waals surface area contributed by atoms with Gasteiger partial charge in [0.15, 0.2) is 0 Å². The second-order valence-corrected chi connectivity index (χ2v) is 4.64. The van der Waals surface area contributed by atoms with Crippen LogP contribution in [0.2, 0.25) is 0 Å². The van der Waals surface area contributed by atoms with Crippen LogP contribution in [0.15, 0.2) is 78.9 Å². The first-order chi connectivity index (χ1) is 10.4. The van der Waals surface area contributed by atoms with Gasteiger partial charge in [-0.3, -0.25) is 0 Å². The summed E-state index contributed by atoms with van der Waals surface area (Å²) in [5, 5.41) is 0. The van der Waals surface area contributed by atoms with Crippen LogP contribution in [0.1, 0.15) is 0 Å². The topological polar surface area (TPSA) is 18.5 Å². The van der Waals surface area contributed by atoms with Crippen molar-refractivity contribution in [1.29, 1.82) is 0 Å². The van der Waals surface area contributed by atoms with Crippen molar-refractivity contribution in [2.24, 2.45) is 0 Å². The van der Waals surface area contributed by atoms with Crippen molar-refractivity contribution in [2.45, 2.75) is 0 Å². The zero-order valence-corrected chi connectivity index (χ0v) is 11.8. The summed E-state index contributed by atoms with van der Waals surface area (Å²) < 4.78 is 11.3. The first-order valence-electron chi connectivity index (χ1n) is 6.83. The first-order valence-corrected chi connectivity index (χ1v) is 6.83. The normalized spacial score (nSPS) is 10.1. The molecule has 21 heavy (non-hydrogen) atoms. The highest BCUT2D eigenvalue weighted by Crippen LogP contribution is 2.34. The van der Waals surface area contributed by atoms with Gasteiger partial charge in [0.25, 0.3) is 0 Å². The highest BCUT2D eigenvalue weighted by molar-refractivity contribution is 5.71. The molecule has 0 saturated heterocycles. The van der Waals surface area contributed by atoms with Gasteiger partial charge in [-0.2, -0.15) is 0 Å². The van der Waals surface area contributed by atoms with Crippen LogP contribution in [0.25, 0.3) is 11.1 Å². The first kappa shape index (κ1) is 13.3. The molecular formula is C19H16O2. The third-order valence-corrected chi connectivity index (χ3v) is 3.24. The lowest BCUT2D eigenvalue weighted by atomic mass is 10.0. The van der Waals surface area contributed by atoms with Gasteiger partial charge in [-0.15, -0.1) is 0 Å². The molecule has 0 fully saturated rings. The molecular weight excluding hydrogens is 260 g/mol. The van der Waals surface area contributed by atoms with Crippen LogP contribution in [0.3, 0.4) is 0 Å². The molecule has 0 heterocycles. The predicted molar refractivity (Wildman–Crippen MR) is 84.9 cm³/mol. The molecule has 0 radical (unpaired) electrons. The van der Waals surface area contributed by atoms with Crippen LogP contribution in [0.5, 0.6) is 17.2 Å². The van der Waals surface area contributed by atoms with Gasteiger partial charge < -0.3 is 9.47 Å². The molecule has 0 aliphatic carbocycles. The standard InChI is InChI=1S/C19H16O2/c1-20-17-11-7-8-15(14-17)18-12-5-6-13-19(18)21-16-9-3-2-4-10-16/h2-14H,1H3. The Labute approximate surface area is 124 Å². The monoisotopic (exact) mass is 276 g/mol. The fourth-order valence-corrected chi connectivity index (χ4v) is 2.20. The molecule has 3 aromatic carbocycles. The zero-order chi connectivity index (χ0) is 14.5. The predicted octanol–water partition coefficient (Wildman–Crippen LogP) is 5.15. The van der Waals surface area contributed by atoms with Crippen molar-refractivity contribution in [3.8, 4) is 28.4 Å². The summed E-state index contributed by atoms with van der Waals surface area (Å²) in [6, 6.07) is 25.8. The molecule has 0 saturated carbocycles. The minimum absolute atomic E-state index is 0.827. The summed E-state index contributed by atoms with van der Waals surface area (Å²) in [7, 11) is 1.67. The van der Waals surface area contributed by atoms with E-state index in [4.69, 9.17) is 9.47 Å². The van der Waals surface area contributed by atoms with Crippen LogP contribution in [-0.4, -0.2) is 7.11 Å². The maximum atomic E-state index is 6.00. The van der Waals surface area contributed by atoms with Gasteiger partial charge in [-0.05, 0) is 35.9 Å². The van der Waals surface area contributed by atoms with Gasteiger partial charge in [0.2, 0.25) is 0 Å². The Morgan fingerprint density at radius 2 is 1.38 bits per heavy atom. The maximum absolute atomic E-state index is 6.00. The molecule has 0 unspecified atom stereocenters. The Balaban J connectivity index is 1.99. The number of hydrogen-bond donors (Lipinski definition) is 0. The fourth-order valence-electron chi connectivity index (χ4n) is 2.20. The molecule has 0 aliphatic heterocycles. The minimum Gasteiger partial charge on any atom is -0.497 e. The van der Waals surface area contributed by atoms with Gasteiger partial charge in [-0.1, -0.05) is 48.5 Å². The summed E-state index contributed by atoms with van der Waals surface area (Å²) in [6.45, 7) is 0. The average molecular weight is 276 g/mol. The van der Waals surface area contributed by atoms with Gasteiger partial charge >= 0.3 is 0 Å². The summed E-state index contributed by atoms with van der Waals surface area (Å²) >= 11 is 0. The van der Waals surface area contributed by atoms with Gasteiger partial charge in [0, 0.05) is 5.56 Å². The van der Waals surface area contributed by atoms with E-state index in [2.05, 4.69) is 6.07 Å². The smallest absolute Gasteiger partial charge is 0.135 e. The third kappa shape index (κ3) is 3.06. The van der Waals surface area contributed by atoms with E-state index in [1.54, 1.807) is 7.11 Å². The molecule has 0 atom stereocenters. The lowest BCUT2D eigenvalue weighted by molar-refractivity contribution is 0.415. The lowest BCUT2D eigenvalue weighted by Gasteiger charge is -2.12. The summed E-state index contributed by atoms with van der Waals surface area (Å²) in [5.74, 6) is 2.49. The zero-order valence-electron chi connectivity index (χ0n) is 11.8. The van der Waals surface area contributed by atoms with Crippen molar-refractivity contribution in [1.82, 2.24) is 0 Å². The molecule has 0 bridgehead atoms. The number of ether oxygens (including phenoxy) is 2. The van der Waals surface area contributed by atoms with Crippen LogP contribution < -0.4 is 9.47 Å². The van der Waals surface area contributed by atoms with Crippen molar-refractivity contribution >= 4 is 0 Å². The molecule has 0 aromatic heterocycles. The van der Waals surface area contributed by atoms with Crippen molar-refractivity contribution < 1.29 is 9.47 Å². The Morgan fingerprint density at radius 3 is 2.19 bits per heavy atom. The molecule has 0 N–H and O–H groups in total. The van der Waals surface area contributed by atoms with Crippen molar-refractivity contribution in [2.75, 3.05) is 7.11 Å². The number of benzene rings is 3. The number of para-hydroxylation sites is 2. The molecule has 2 nitrogen and oxygen atoms in total. The second-order valence-electron chi connectivity index (χ2n) is 4.64. The Morgan fingerprint density at radius 1 is 0.667 bits per heavy atom. The number of hydrogen-bond acceptors (Lipinski definition) is 2. The Kier molecular flexibility index (Phi) is 3.88. The minimum atomic E-state index is 0.827. The Hall–Kier alpha value is -2.74. The van der Waals surface area contributed by atoms with Crippen LogP contribution in [0.4, 0.5) is 0 Å². The number of rotatable bonds is 4. The van der Waals surface area contributed by atoms with Crippen molar-refractivity contribution in [3.05, 3.63) is 78.9 Å². The summed E-state index contributed by atoms with van der Waals surface area (Å²) in [4.78, 5) is 0. The van der Waals surface area contributed by atoms with E-state index in [0.29, 0.717) is 0 Å². The maximum Gasteiger partial charge on any atom is 0.135 e. The summed E-state index contributed by atoms with van der Waals surface area (Å²) in [6.07, 6.45) is 0. The highest BCUT2D eigenvalue weighted by Gasteiger charge is 2.07. The van der Waals surface area contributed by atoms with E-state index in [1.165, 1.54) is 0 Å². The van der Waals surface area contributed by atoms with E-state index in [-0.39, 0.29) is 0 Å². The van der Waals surface area contributed by atoms with Crippen LogP contribution >= 0.6 is 0 Å². The van der Waals surface area contributed by atoms with Crippen LogP contribution in [-0.2, 0) is 0 Å². The molecule has 0 amide bonds. The van der Waals surface area contributed by atoms with E-state index < -0.39 is 0 Å². The quantitative estimate of drug-likeness (QED) is 0.655. The average Bonchev–Trinajstić information content (AvgIpc) is 2.56. The molecule has 0 spiro atoms. The van der Waals surface area contributed by atoms with E-state index in [0.717, 1.165) is 28.4 Å². The van der Waals surface area contributed by atoms with E-state index in [9.17, 15) is 0 Å². The third-order valence-electron chi connectivity index (χ3n) is 3.24. The molecule has 2 heteroatoms. The van der Waals surface area contributed by atoms with Gasteiger partial charge in [-0.25, -0.2) is 0 Å². The highest BCUT2D eigenvalue weighted by atomic mass is 16.5. The van der Waals surface area contributed by atoms with E-state index >= 15 is 0 Å². The summed E-state index contributed by atoms with van der Waals surface area (Å²) in [5.41, 5.74) is 2.11. The molecule has 0 aliphatic rings. The lowest BCUT2D eigenvalue weighted by Crippen LogP contribution is -1.89. The fraction of sp³-hybridized carbons (Fsp3) is 0.0526. The molecule has 104 valence electrons. The van der Waals surface area contributed by atoms with E-state index in [1.807, 2.05) is 72.8 Å². The largest absolute Gasteiger partial charge is 0.497 e. The number of methoxy groups -OCH3 is 1. The van der Waals surface area contributed by atoms with Gasteiger partial charge in [0.1, 0.15) is 17.2 Å². The van der Waals surface area contributed by atoms with Gasteiger partial charge in [0.05, 0.1) is 7.11 Å². The molecule has 3 rings (SSSR count). The Bertz CT molecular complexity index is 720. The van der Waals surface area contributed by atoms with Crippen molar-refractivity contribution in [3.63, 3.8) is 0 Å². The van der Waals surface area contributed by atoms with Crippen LogP contribution in [0, 0.1) is 0 Å². The second kappa shape index (κ2) is 6.14. The molecule has 3 aromatic rings. The SMILES string of the molecule is COc1cccc(-c2ccccc2Oc2ccccc2)c1.